The van der Waals surface area contributed by atoms with E-state index in [0.29, 0.717) is 0 Å². The van der Waals surface area contributed by atoms with Crippen molar-refractivity contribution in [3.05, 3.63) is 34.9 Å². The summed E-state index contributed by atoms with van der Waals surface area (Å²) >= 11 is 5.77. The van der Waals surface area contributed by atoms with Gasteiger partial charge >= 0.3 is 0 Å². The van der Waals surface area contributed by atoms with Crippen molar-refractivity contribution >= 4 is 11.6 Å². The number of rotatable bonds is 2. The maximum atomic E-state index is 5.77. The predicted molar refractivity (Wildman–Crippen MR) is 52.1 cm³/mol. The van der Waals surface area contributed by atoms with Crippen LogP contribution in [0, 0.1) is 0 Å². The quantitative estimate of drug-likeness (QED) is 0.728. The van der Waals surface area contributed by atoms with Gasteiger partial charge in [0.25, 0.3) is 0 Å². The number of hydrogen-bond acceptors (Lipinski definition) is 0. The summed E-state index contributed by atoms with van der Waals surface area (Å²) < 4.78 is 0. The Balaban J connectivity index is 2.71. The van der Waals surface area contributed by atoms with Crippen LogP contribution in [0.15, 0.2) is 24.3 Å². The maximum absolute atomic E-state index is 5.77. The monoisotopic (exact) mass is 184 g/mol. The van der Waals surface area contributed by atoms with Crippen LogP contribution in [0.3, 0.4) is 0 Å². The first-order chi connectivity index (χ1) is 5.47. The lowest BCUT2D eigenvalue weighted by molar-refractivity contribution is -0.465. The van der Waals surface area contributed by atoms with Crippen LogP contribution in [0.2, 0.25) is 5.02 Å². The molecule has 66 valence electrons. The SMILES string of the molecule is CC(C)([NH3+])Cc1ccc(Cl)cc1. The van der Waals surface area contributed by atoms with Crippen LogP contribution in [0.1, 0.15) is 19.4 Å². The molecular formula is C10H15ClN+. The zero-order valence-corrected chi connectivity index (χ0v) is 8.36. The third-order valence-electron chi connectivity index (χ3n) is 1.60. The fraction of sp³-hybridized carbons (Fsp3) is 0.400. The Morgan fingerprint density at radius 1 is 1.25 bits per heavy atom. The molecular weight excluding hydrogens is 170 g/mol. The average molecular weight is 185 g/mol. The molecule has 0 fully saturated rings. The zero-order valence-electron chi connectivity index (χ0n) is 7.60. The highest BCUT2D eigenvalue weighted by molar-refractivity contribution is 6.30. The highest BCUT2D eigenvalue weighted by atomic mass is 35.5. The van der Waals surface area contributed by atoms with E-state index in [9.17, 15) is 0 Å². The molecule has 3 N–H and O–H groups in total. The molecule has 12 heavy (non-hydrogen) atoms. The second-order valence-electron chi connectivity index (χ2n) is 3.97. The number of quaternary nitrogens is 1. The lowest BCUT2D eigenvalue weighted by atomic mass is 9.96. The van der Waals surface area contributed by atoms with E-state index in [4.69, 9.17) is 11.6 Å². The summed E-state index contributed by atoms with van der Waals surface area (Å²) in [5.74, 6) is 0. The molecule has 0 unspecified atom stereocenters. The summed E-state index contributed by atoms with van der Waals surface area (Å²) in [5, 5.41) is 0.792. The van der Waals surface area contributed by atoms with E-state index < -0.39 is 0 Å². The van der Waals surface area contributed by atoms with E-state index in [2.05, 4.69) is 31.7 Å². The molecule has 0 aromatic heterocycles. The molecule has 1 aromatic carbocycles. The summed E-state index contributed by atoms with van der Waals surface area (Å²) in [6.45, 7) is 4.25. The van der Waals surface area contributed by atoms with E-state index in [1.807, 2.05) is 12.1 Å². The Morgan fingerprint density at radius 2 is 1.75 bits per heavy atom. The van der Waals surface area contributed by atoms with Crippen LogP contribution in [-0.2, 0) is 6.42 Å². The number of halogens is 1. The van der Waals surface area contributed by atoms with E-state index in [0.717, 1.165) is 11.4 Å². The summed E-state index contributed by atoms with van der Waals surface area (Å²) in [4.78, 5) is 0. The lowest BCUT2D eigenvalue weighted by Gasteiger charge is -2.14. The molecule has 0 bridgehead atoms. The van der Waals surface area contributed by atoms with Gasteiger partial charge in [-0.25, -0.2) is 0 Å². The fourth-order valence-electron chi connectivity index (χ4n) is 1.15. The third kappa shape index (κ3) is 3.24. The van der Waals surface area contributed by atoms with Gasteiger partial charge in [0.15, 0.2) is 0 Å². The van der Waals surface area contributed by atoms with Crippen molar-refractivity contribution in [2.45, 2.75) is 25.8 Å². The molecule has 2 heteroatoms. The van der Waals surface area contributed by atoms with Gasteiger partial charge in [-0.15, -0.1) is 0 Å². The third-order valence-corrected chi connectivity index (χ3v) is 1.85. The van der Waals surface area contributed by atoms with Crippen LogP contribution in [0.25, 0.3) is 0 Å². The molecule has 0 radical (unpaired) electrons. The van der Waals surface area contributed by atoms with Crippen molar-refractivity contribution in [3.8, 4) is 0 Å². The minimum absolute atomic E-state index is 0.105. The molecule has 0 heterocycles. The first-order valence-corrected chi connectivity index (χ1v) is 4.45. The Labute approximate surface area is 78.5 Å². The molecule has 0 atom stereocenters. The summed E-state index contributed by atoms with van der Waals surface area (Å²) in [6.07, 6.45) is 0.990. The van der Waals surface area contributed by atoms with Crippen LogP contribution < -0.4 is 5.73 Å². The van der Waals surface area contributed by atoms with Crippen molar-refractivity contribution in [1.82, 2.24) is 0 Å². The molecule has 0 spiro atoms. The van der Waals surface area contributed by atoms with Gasteiger partial charge in [0.05, 0.1) is 5.54 Å². The number of benzene rings is 1. The van der Waals surface area contributed by atoms with Gasteiger partial charge in [-0.2, -0.15) is 0 Å². The van der Waals surface area contributed by atoms with Crippen LogP contribution >= 0.6 is 11.6 Å². The van der Waals surface area contributed by atoms with Gasteiger partial charge in [0.2, 0.25) is 0 Å². The van der Waals surface area contributed by atoms with Gasteiger partial charge in [-0.05, 0) is 31.5 Å². The lowest BCUT2D eigenvalue weighted by Crippen LogP contribution is -2.70. The number of hydrogen-bond donors (Lipinski definition) is 1. The van der Waals surface area contributed by atoms with Gasteiger partial charge < -0.3 is 5.73 Å². The smallest absolute Gasteiger partial charge is 0.0929 e. The van der Waals surface area contributed by atoms with Gasteiger partial charge in [0.1, 0.15) is 0 Å². The average Bonchev–Trinajstić information content (AvgIpc) is 1.91. The Kier molecular flexibility index (Phi) is 2.76. The van der Waals surface area contributed by atoms with Gasteiger partial charge in [-0.1, -0.05) is 23.7 Å². The van der Waals surface area contributed by atoms with Gasteiger partial charge in [-0.3, -0.25) is 0 Å². The molecule has 1 nitrogen and oxygen atoms in total. The molecule has 1 aromatic rings. The molecule has 0 amide bonds. The minimum Gasteiger partial charge on any atom is -0.353 e. The van der Waals surface area contributed by atoms with Gasteiger partial charge in [0, 0.05) is 11.4 Å². The molecule has 0 saturated carbocycles. The zero-order chi connectivity index (χ0) is 9.19. The standard InChI is InChI=1S/C10H14ClN/c1-10(2,12)7-8-3-5-9(11)6-4-8/h3-6H,7,12H2,1-2H3/p+1. The van der Waals surface area contributed by atoms with E-state index in [1.54, 1.807) is 0 Å². The molecule has 0 aliphatic carbocycles. The largest absolute Gasteiger partial charge is 0.353 e. The first kappa shape index (κ1) is 9.56. The molecule has 0 aliphatic rings. The van der Waals surface area contributed by atoms with Crippen molar-refractivity contribution in [2.75, 3.05) is 0 Å². The Bertz CT molecular complexity index is 246. The molecule has 0 saturated heterocycles. The van der Waals surface area contributed by atoms with Crippen molar-refractivity contribution in [3.63, 3.8) is 0 Å². The summed E-state index contributed by atoms with van der Waals surface area (Å²) in [5.41, 5.74) is 5.45. The van der Waals surface area contributed by atoms with Crippen molar-refractivity contribution in [2.24, 2.45) is 0 Å². The molecule has 0 aliphatic heterocycles. The Hall–Kier alpha value is -0.530. The summed E-state index contributed by atoms with van der Waals surface area (Å²) in [7, 11) is 0. The second-order valence-corrected chi connectivity index (χ2v) is 4.40. The first-order valence-electron chi connectivity index (χ1n) is 4.07. The molecule has 1 rings (SSSR count). The van der Waals surface area contributed by atoms with Crippen LogP contribution in [-0.4, -0.2) is 5.54 Å². The van der Waals surface area contributed by atoms with E-state index in [-0.39, 0.29) is 5.54 Å². The van der Waals surface area contributed by atoms with Crippen LogP contribution in [0.5, 0.6) is 0 Å². The minimum atomic E-state index is 0.105. The van der Waals surface area contributed by atoms with E-state index >= 15 is 0 Å². The van der Waals surface area contributed by atoms with Crippen molar-refractivity contribution < 1.29 is 5.73 Å². The summed E-state index contributed by atoms with van der Waals surface area (Å²) in [6, 6.07) is 7.94. The predicted octanol–water partition coefficient (Wildman–Crippen LogP) is 1.90. The maximum Gasteiger partial charge on any atom is 0.0929 e. The van der Waals surface area contributed by atoms with E-state index in [1.165, 1.54) is 5.56 Å². The van der Waals surface area contributed by atoms with Crippen LogP contribution in [0.4, 0.5) is 0 Å². The normalized spacial score (nSPS) is 11.7. The van der Waals surface area contributed by atoms with Crippen molar-refractivity contribution in [1.29, 1.82) is 0 Å². The Morgan fingerprint density at radius 3 is 2.17 bits per heavy atom. The topological polar surface area (TPSA) is 27.6 Å². The fourth-order valence-corrected chi connectivity index (χ4v) is 1.28. The second kappa shape index (κ2) is 3.46. The highest BCUT2D eigenvalue weighted by Gasteiger charge is 2.14. The highest BCUT2D eigenvalue weighted by Crippen LogP contribution is 2.12.